The second-order valence-electron chi connectivity index (χ2n) is 7.53. The van der Waals surface area contributed by atoms with Gasteiger partial charge in [-0.15, -0.1) is 11.3 Å². The minimum Gasteiger partial charge on any atom is -0.384 e. The van der Waals surface area contributed by atoms with Gasteiger partial charge in [-0.1, -0.05) is 38.8 Å². The van der Waals surface area contributed by atoms with Crippen LogP contribution in [0.4, 0.5) is 11.8 Å². The van der Waals surface area contributed by atoms with Crippen LogP contribution in [0.5, 0.6) is 0 Å². The highest BCUT2D eigenvalue weighted by molar-refractivity contribution is 7.15. The number of unbranched alkanes of at least 4 members (excludes halogenated alkanes) is 1. The third kappa shape index (κ3) is 5.54. The Balaban J connectivity index is 1.84. The van der Waals surface area contributed by atoms with Gasteiger partial charge in [0.15, 0.2) is 0 Å². The van der Waals surface area contributed by atoms with Crippen molar-refractivity contribution in [3.63, 3.8) is 0 Å². The van der Waals surface area contributed by atoms with Gasteiger partial charge in [0, 0.05) is 22.2 Å². The molecule has 0 radical (unpaired) electrons. The van der Waals surface area contributed by atoms with Crippen LogP contribution in [0.1, 0.15) is 60.5 Å². The summed E-state index contributed by atoms with van der Waals surface area (Å²) in [5.74, 6) is 0.645. The molecular formula is C23H31N5S. The van der Waals surface area contributed by atoms with Crippen molar-refractivity contribution in [2.45, 2.75) is 65.7 Å². The van der Waals surface area contributed by atoms with Crippen LogP contribution in [0.15, 0.2) is 24.3 Å². The van der Waals surface area contributed by atoms with Gasteiger partial charge in [-0.05, 0) is 56.2 Å². The van der Waals surface area contributed by atoms with E-state index in [1.54, 1.807) is 6.07 Å². The molecule has 29 heavy (non-hydrogen) atoms. The lowest BCUT2D eigenvalue weighted by molar-refractivity contribution is 0.791. The topological polar surface area (TPSA) is 90.7 Å². The Morgan fingerprint density at radius 1 is 0.897 bits per heavy atom. The molecule has 0 unspecified atom stereocenters. The van der Waals surface area contributed by atoms with Crippen LogP contribution in [0.2, 0.25) is 0 Å². The van der Waals surface area contributed by atoms with E-state index in [4.69, 9.17) is 16.5 Å². The van der Waals surface area contributed by atoms with Crippen molar-refractivity contribution in [2.24, 2.45) is 0 Å². The van der Waals surface area contributed by atoms with Gasteiger partial charge >= 0.3 is 0 Å². The van der Waals surface area contributed by atoms with E-state index in [2.05, 4.69) is 48.9 Å². The summed E-state index contributed by atoms with van der Waals surface area (Å²) in [6.45, 7) is 6.65. The average molecular weight is 410 g/mol. The quantitative estimate of drug-likeness (QED) is 0.510. The number of aromatic nitrogens is 3. The molecule has 0 atom stereocenters. The van der Waals surface area contributed by atoms with Crippen LogP contribution in [-0.4, -0.2) is 15.0 Å². The van der Waals surface area contributed by atoms with E-state index >= 15 is 0 Å². The van der Waals surface area contributed by atoms with Gasteiger partial charge in [-0.2, -0.15) is 4.98 Å². The average Bonchev–Trinajstić information content (AvgIpc) is 3.08. The molecule has 0 aliphatic rings. The second-order valence-corrected chi connectivity index (χ2v) is 8.61. The molecule has 0 amide bonds. The van der Waals surface area contributed by atoms with E-state index in [0.29, 0.717) is 5.82 Å². The molecule has 0 aliphatic carbocycles. The van der Waals surface area contributed by atoms with Crippen molar-refractivity contribution in [1.82, 2.24) is 15.0 Å². The molecule has 6 heteroatoms. The number of aryl methyl sites for hydroxylation is 5. The zero-order chi connectivity index (χ0) is 20.8. The highest BCUT2D eigenvalue weighted by Crippen LogP contribution is 2.31. The first-order valence-electron chi connectivity index (χ1n) is 10.5. The summed E-state index contributed by atoms with van der Waals surface area (Å²) >= 11 is 1.82. The summed E-state index contributed by atoms with van der Waals surface area (Å²) < 4.78 is 0. The first kappa shape index (κ1) is 21.2. The minimum absolute atomic E-state index is 0.229. The number of nitrogens with zero attached hydrogens (tertiary/aromatic N) is 3. The fraction of sp³-hybridized carbons (Fsp3) is 0.435. The molecule has 2 aromatic heterocycles. The summed E-state index contributed by atoms with van der Waals surface area (Å²) in [5, 5.41) is 1.11. The Morgan fingerprint density at radius 3 is 2.45 bits per heavy atom. The molecule has 0 saturated heterocycles. The third-order valence-electron chi connectivity index (χ3n) is 5.09. The zero-order valence-corrected chi connectivity index (χ0v) is 18.5. The van der Waals surface area contributed by atoms with Crippen molar-refractivity contribution >= 4 is 23.1 Å². The summed E-state index contributed by atoms with van der Waals surface area (Å²) in [7, 11) is 0. The van der Waals surface area contributed by atoms with E-state index in [9.17, 15) is 0 Å². The highest BCUT2D eigenvalue weighted by atomic mass is 32.1. The van der Waals surface area contributed by atoms with Crippen molar-refractivity contribution < 1.29 is 0 Å². The van der Waals surface area contributed by atoms with Crippen LogP contribution in [0, 0.1) is 6.92 Å². The summed E-state index contributed by atoms with van der Waals surface area (Å²) in [6.07, 6.45) is 7.31. The molecule has 0 fully saturated rings. The van der Waals surface area contributed by atoms with Crippen molar-refractivity contribution in [3.05, 3.63) is 51.7 Å². The number of nitrogen functional groups attached to an aromatic ring is 2. The maximum Gasteiger partial charge on any atom is 0.222 e. The summed E-state index contributed by atoms with van der Waals surface area (Å²) in [5.41, 5.74) is 17.6. The number of nitrogens with two attached hydrogens (primary N) is 2. The molecule has 1 aromatic carbocycles. The molecule has 5 nitrogen and oxygen atoms in total. The molecule has 0 bridgehead atoms. The van der Waals surface area contributed by atoms with Gasteiger partial charge in [0.25, 0.3) is 0 Å². The number of anilines is 2. The number of hydrogen-bond acceptors (Lipinski definition) is 6. The van der Waals surface area contributed by atoms with Gasteiger partial charge in [0.1, 0.15) is 10.8 Å². The van der Waals surface area contributed by atoms with E-state index in [1.165, 1.54) is 40.1 Å². The largest absolute Gasteiger partial charge is 0.384 e. The van der Waals surface area contributed by atoms with Gasteiger partial charge in [0.2, 0.25) is 5.95 Å². The first-order valence-corrected chi connectivity index (χ1v) is 11.3. The lowest BCUT2D eigenvalue weighted by Crippen LogP contribution is -2.04. The molecule has 3 aromatic rings. The monoisotopic (exact) mass is 409 g/mol. The van der Waals surface area contributed by atoms with E-state index in [0.717, 1.165) is 42.8 Å². The van der Waals surface area contributed by atoms with E-state index in [-0.39, 0.29) is 5.95 Å². The molecule has 4 N–H and O–H groups in total. The molecular weight excluding hydrogens is 378 g/mol. The van der Waals surface area contributed by atoms with Crippen molar-refractivity contribution in [2.75, 3.05) is 11.5 Å². The maximum atomic E-state index is 5.80. The maximum absolute atomic E-state index is 5.80. The van der Waals surface area contributed by atoms with Gasteiger partial charge < -0.3 is 11.5 Å². The lowest BCUT2D eigenvalue weighted by Gasteiger charge is -2.07. The van der Waals surface area contributed by atoms with Gasteiger partial charge in [-0.3, -0.25) is 0 Å². The predicted octanol–water partition coefficient (Wildman–Crippen LogP) is 5.15. The summed E-state index contributed by atoms with van der Waals surface area (Å²) in [6, 6.07) is 8.56. The Kier molecular flexibility index (Phi) is 7.20. The first-order chi connectivity index (χ1) is 14.0. The third-order valence-corrected chi connectivity index (χ3v) is 6.29. The fourth-order valence-electron chi connectivity index (χ4n) is 3.48. The van der Waals surface area contributed by atoms with Gasteiger partial charge in [0.05, 0.1) is 5.69 Å². The minimum atomic E-state index is 0.229. The van der Waals surface area contributed by atoms with E-state index < -0.39 is 0 Å². The Bertz CT molecular complexity index is 944. The molecule has 2 heterocycles. The SMILES string of the molecule is CCCCc1cc(-c2nc(CCc3cc(N)nc(N)n3)c(CCC)s2)ccc1C. The smallest absolute Gasteiger partial charge is 0.222 e. The number of rotatable bonds is 9. The zero-order valence-electron chi connectivity index (χ0n) is 17.7. The standard InChI is InChI=1S/C23H31N5S/c1-4-6-8-16-13-17(10-9-15(16)3)22-27-19(20(29-22)7-5-2)12-11-18-14-21(24)28-23(25)26-18/h9-10,13-14H,4-8,11-12H2,1-3H3,(H4,24,25,26,28). The summed E-state index contributed by atoms with van der Waals surface area (Å²) in [4.78, 5) is 14.6. The van der Waals surface area contributed by atoms with Gasteiger partial charge in [-0.25, -0.2) is 9.97 Å². The Hall–Kier alpha value is -2.47. The fourth-order valence-corrected chi connectivity index (χ4v) is 4.69. The molecule has 3 rings (SSSR count). The van der Waals surface area contributed by atoms with Crippen LogP contribution in [-0.2, 0) is 25.7 Å². The van der Waals surface area contributed by atoms with Crippen LogP contribution in [0.25, 0.3) is 10.6 Å². The van der Waals surface area contributed by atoms with E-state index in [1.807, 2.05) is 11.3 Å². The Labute approximate surface area is 177 Å². The molecule has 0 saturated carbocycles. The van der Waals surface area contributed by atoms with Crippen LogP contribution >= 0.6 is 11.3 Å². The van der Waals surface area contributed by atoms with Crippen molar-refractivity contribution in [1.29, 1.82) is 0 Å². The molecule has 154 valence electrons. The van der Waals surface area contributed by atoms with Crippen LogP contribution < -0.4 is 11.5 Å². The molecule has 0 spiro atoms. The number of hydrogen-bond donors (Lipinski definition) is 2. The van der Waals surface area contributed by atoms with Crippen LogP contribution in [0.3, 0.4) is 0 Å². The second kappa shape index (κ2) is 9.83. The van der Waals surface area contributed by atoms with Crippen molar-refractivity contribution in [3.8, 4) is 10.6 Å². The lowest BCUT2D eigenvalue weighted by atomic mass is 10.0. The number of thiazole rings is 1. The highest BCUT2D eigenvalue weighted by Gasteiger charge is 2.14. The normalized spacial score (nSPS) is 11.1. The Morgan fingerprint density at radius 2 is 1.72 bits per heavy atom. The predicted molar refractivity (Wildman–Crippen MR) is 123 cm³/mol. The molecule has 0 aliphatic heterocycles. The number of benzene rings is 1.